The van der Waals surface area contributed by atoms with E-state index in [0.29, 0.717) is 11.8 Å². The quantitative estimate of drug-likeness (QED) is 0.443. The van der Waals surface area contributed by atoms with Crippen LogP contribution in [0.4, 0.5) is 0 Å². The number of ether oxygens (including phenoxy) is 2. The molecule has 4 nitrogen and oxygen atoms in total. The van der Waals surface area contributed by atoms with E-state index in [0.717, 1.165) is 0 Å². The van der Waals surface area contributed by atoms with Gasteiger partial charge in [-0.25, -0.2) is 0 Å². The number of carbonyl (C=O) groups excluding carboxylic acids is 2. The van der Waals surface area contributed by atoms with Crippen LogP contribution < -0.4 is 0 Å². The molecule has 0 N–H and O–H groups in total. The van der Waals surface area contributed by atoms with Crippen molar-refractivity contribution in [2.45, 2.75) is 0 Å². The Morgan fingerprint density at radius 3 is 1.81 bits per heavy atom. The third kappa shape index (κ3) is 7.55. The number of methoxy groups -OCH3 is 1. The molecular formula is C16H14FeO4+2. The Labute approximate surface area is 137 Å². The summed E-state index contributed by atoms with van der Waals surface area (Å²) in [6.07, 6.45) is 18.8. The van der Waals surface area contributed by atoms with E-state index in [4.69, 9.17) is 6.42 Å². The summed E-state index contributed by atoms with van der Waals surface area (Å²) in [6.45, 7) is 0.0318. The Hall–Kier alpha value is -0.981. The molecule has 2 saturated carbocycles. The Morgan fingerprint density at radius 1 is 1.00 bits per heavy atom. The van der Waals surface area contributed by atoms with Gasteiger partial charge in [-0.1, -0.05) is 5.92 Å². The number of carbonyl (C=O) groups is 2. The Morgan fingerprint density at radius 2 is 1.43 bits per heavy atom. The summed E-state index contributed by atoms with van der Waals surface area (Å²) in [7, 11) is 1.37. The first kappa shape index (κ1) is 20.0. The molecule has 0 heterocycles. The predicted molar refractivity (Wildman–Crippen MR) is 72.7 cm³/mol. The van der Waals surface area contributed by atoms with Crippen LogP contribution >= 0.6 is 0 Å². The van der Waals surface area contributed by atoms with Gasteiger partial charge in [0.1, 0.15) is 0 Å². The van der Waals surface area contributed by atoms with Crippen LogP contribution in [0.1, 0.15) is 0 Å². The van der Waals surface area contributed by atoms with Crippen molar-refractivity contribution in [2.24, 2.45) is 0 Å². The summed E-state index contributed by atoms with van der Waals surface area (Å²) in [5, 5.41) is 0. The van der Waals surface area contributed by atoms with Crippen LogP contribution in [0.3, 0.4) is 0 Å². The van der Waals surface area contributed by atoms with E-state index in [-0.39, 0.29) is 35.6 Å². The van der Waals surface area contributed by atoms with E-state index in [1.54, 1.807) is 51.4 Å². The minimum atomic E-state index is -0.368. The topological polar surface area (TPSA) is 52.6 Å². The summed E-state index contributed by atoms with van der Waals surface area (Å²) in [5.41, 5.74) is 0. The number of hydrogen-bond acceptors (Lipinski definition) is 4. The standard InChI is InChI=1S/C9H7O2.C7H7O2.Fe/c1-2-7-11-9(10)8-5-3-4-6-8;1-9-7(8)6-4-2-3-5-6;/h1,3-6H,7H2;2-5H,1H3;/q;;+2. The zero-order chi connectivity index (χ0) is 14.8. The molecule has 2 rings (SSSR count). The molecule has 2 aliphatic carbocycles. The molecule has 0 atom stereocenters. The largest absolute Gasteiger partial charge is 2.00 e. The average molecular weight is 326 g/mol. The molecule has 0 bridgehead atoms. The zero-order valence-corrected chi connectivity index (χ0v) is 12.5. The molecule has 0 amide bonds. The number of rotatable bonds is 3. The molecule has 10 radical (unpaired) electrons. The smallest absolute Gasteiger partial charge is 0.469 e. The van der Waals surface area contributed by atoms with Crippen molar-refractivity contribution in [1.29, 1.82) is 0 Å². The van der Waals surface area contributed by atoms with Gasteiger partial charge in [0.05, 0.1) is 18.9 Å². The van der Waals surface area contributed by atoms with E-state index >= 15 is 0 Å². The summed E-state index contributed by atoms with van der Waals surface area (Å²) in [5.74, 6) is 2.72. The molecule has 0 aliphatic heterocycles. The Bertz CT molecular complexity index is 350. The molecule has 0 aromatic heterocycles. The minimum absolute atomic E-state index is 0. The molecule has 0 aromatic carbocycles. The third-order valence-electron chi connectivity index (χ3n) is 2.27. The van der Waals surface area contributed by atoms with Gasteiger partial charge in [0, 0.05) is 0 Å². The van der Waals surface area contributed by atoms with E-state index in [1.165, 1.54) is 7.11 Å². The van der Waals surface area contributed by atoms with Crippen LogP contribution in [0.5, 0.6) is 0 Å². The fourth-order valence-corrected chi connectivity index (χ4v) is 1.33. The van der Waals surface area contributed by atoms with Crippen LogP contribution in [0.25, 0.3) is 0 Å². The Kier molecular flexibility index (Phi) is 11.1. The number of hydrogen-bond donors (Lipinski definition) is 0. The van der Waals surface area contributed by atoms with Gasteiger partial charge in [-0.15, -0.1) is 6.42 Å². The van der Waals surface area contributed by atoms with Gasteiger partial charge in [-0.3, -0.25) is 9.59 Å². The van der Waals surface area contributed by atoms with Gasteiger partial charge in [-0.2, -0.15) is 0 Å². The summed E-state index contributed by atoms with van der Waals surface area (Å²) in [6, 6.07) is 0. The van der Waals surface area contributed by atoms with Crippen molar-refractivity contribution in [3.8, 4) is 12.3 Å². The number of esters is 2. The molecular weight excluding hydrogens is 312 g/mol. The molecule has 5 heteroatoms. The van der Waals surface area contributed by atoms with E-state index < -0.39 is 0 Å². The second-order valence-corrected chi connectivity index (χ2v) is 3.62. The van der Waals surface area contributed by atoms with Crippen LogP contribution in [0.2, 0.25) is 0 Å². The van der Waals surface area contributed by atoms with Crippen molar-refractivity contribution in [1.82, 2.24) is 0 Å². The van der Waals surface area contributed by atoms with Gasteiger partial charge >= 0.3 is 29.0 Å². The summed E-state index contributed by atoms with van der Waals surface area (Å²) >= 11 is 0. The normalized spacial score (nSPS) is 17.9. The van der Waals surface area contributed by atoms with Gasteiger partial charge in [0.25, 0.3) is 0 Å². The summed E-state index contributed by atoms with van der Waals surface area (Å²) in [4.78, 5) is 21.6. The third-order valence-corrected chi connectivity index (χ3v) is 2.27. The van der Waals surface area contributed by atoms with Gasteiger partial charge in [0.15, 0.2) is 6.61 Å². The van der Waals surface area contributed by atoms with E-state index in [1.807, 2.05) is 0 Å². The zero-order valence-electron chi connectivity index (χ0n) is 11.4. The van der Waals surface area contributed by atoms with Crippen LogP contribution in [-0.2, 0) is 36.1 Å². The molecule has 0 unspecified atom stereocenters. The molecule has 0 spiro atoms. The Balaban J connectivity index is 0.000000370. The van der Waals surface area contributed by atoms with Crippen molar-refractivity contribution in [3.05, 3.63) is 63.2 Å². The molecule has 2 aliphatic rings. The van der Waals surface area contributed by atoms with E-state index in [2.05, 4.69) is 15.4 Å². The fourth-order valence-electron chi connectivity index (χ4n) is 1.33. The molecule has 2 fully saturated rings. The van der Waals surface area contributed by atoms with Crippen LogP contribution in [-0.4, -0.2) is 25.7 Å². The van der Waals surface area contributed by atoms with Crippen molar-refractivity contribution in [2.75, 3.05) is 13.7 Å². The SMILES string of the molecule is C#CCOC(=O)[C]1[CH][CH][CH][CH]1.COC(=O)[C]1[CH][CH][CH][CH]1.[Fe+2]. The second-order valence-electron chi connectivity index (χ2n) is 3.62. The molecule has 0 saturated heterocycles. The average Bonchev–Trinajstić information content (AvgIpc) is 3.16. The first-order valence-electron chi connectivity index (χ1n) is 5.81. The van der Waals surface area contributed by atoms with E-state index in [9.17, 15) is 9.59 Å². The monoisotopic (exact) mass is 326 g/mol. The van der Waals surface area contributed by atoms with Crippen molar-refractivity contribution in [3.63, 3.8) is 0 Å². The minimum Gasteiger partial charge on any atom is -0.469 e. The molecule has 108 valence electrons. The van der Waals surface area contributed by atoms with Crippen LogP contribution in [0, 0.1) is 75.5 Å². The van der Waals surface area contributed by atoms with Gasteiger partial charge in [-0.05, 0) is 51.4 Å². The molecule has 0 aromatic rings. The fraction of sp³-hybridized carbons (Fsp3) is 0.125. The maximum absolute atomic E-state index is 10.9. The van der Waals surface area contributed by atoms with Crippen molar-refractivity contribution >= 4 is 11.9 Å². The van der Waals surface area contributed by atoms with Crippen molar-refractivity contribution < 1.29 is 36.1 Å². The second kappa shape index (κ2) is 11.7. The maximum atomic E-state index is 10.9. The predicted octanol–water partition coefficient (Wildman–Crippen LogP) is 1.13. The maximum Gasteiger partial charge on any atom is 2.00 e. The first-order chi connectivity index (χ1) is 9.69. The molecule has 21 heavy (non-hydrogen) atoms. The van der Waals surface area contributed by atoms with Crippen LogP contribution in [0.15, 0.2) is 0 Å². The number of terminal acetylenes is 1. The van der Waals surface area contributed by atoms with Gasteiger partial charge in [0.2, 0.25) is 0 Å². The van der Waals surface area contributed by atoms with Gasteiger partial charge < -0.3 is 9.47 Å². The first-order valence-corrected chi connectivity index (χ1v) is 5.81. The summed E-state index contributed by atoms with van der Waals surface area (Å²) < 4.78 is 9.12.